The van der Waals surface area contributed by atoms with Crippen LogP contribution < -0.4 is 0 Å². The van der Waals surface area contributed by atoms with Crippen LogP contribution in [-0.4, -0.2) is 24.3 Å². The highest BCUT2D eigenvalue weighted by Gasteiger charge is 2.46. The van der Waals surface area contributed by atoms with Gasteiger partial charge in [-0.3, -0.25) is 0 Å². The van der Waals surface area contributed by atoms with Gasteiger partial charge in [-0.05, 0) is 16.7 Å². The molecule has 0 heterocycles. The molecule has 0 spiro atoms. The Bertz CT molecular complexity index is 808. The maximum Gasteiger partial charge on any atom is 0.339 e. The molecule has 1 N–H and O–H groups in total. The molecule has 0 radical (unpaired) electrons. The fraction of sp³-hybridized carbons (Fsp3) is 0.174. The summed E-state index contributed by atoms with van der Waals surface area (Å²) < 4.78 is 11.2. The predicted octanol–water partition coefficient (Wildman–Crippen LogP) is 3.68. The number of hydrogen-bond donors (Lipinski definition) is 1. The van der Waals surface area contributed by atoms with Crippen LogP contribution in [0.4, 0.5) is 0 Å². The highest BCUT2D eigenvalue weighted by molar-refractivity contribution is 5.77. The van der Waals surface area contributed by atoms with Gasteiger partial charge in [0.15, 0.2) is 11.7 Å². The van der Waals surface area contributed by atoms with E-state index in [9.17, 15) is 9.90 Å². The molecule has 27 heavy (non-hydrogen) atoms. The number of rotatable bonds is 7. The number of esters is 1. The number of ether oxygens (including phenoxy) is 2. The van der Waals surface area contributed by atoms with Gasteiger partial charge in [-0.15, -0.1) is 0 Å². The second-order valence-corrected chi connectivity index (χ2v) is 6.17. The molecule has 0 saturated heterocycles. The van der Waals surface area contributed by atoms with Gasteiger partial charge in [-0.25, -0.2) is 4.79 Å². The van der Waals surface area contributed by atoms with Gasteiger partial charge in [0.25, 0.3) is 0 Å². The van der Waals surface area contributed by atoms with Gasteiger partial charge in [0, 0.05) is 7.11 Å². The van der Waals surface area contributed by atoms with E-state index in [4.69, 9.17) is 9.47 Å². The zero-order chi connectivity index (χ0) is 19.1. The second-order valence-electron chi connectivity index (χ2n) is 6.17. The van der Waals surface area contributed by atoms with Crippen molar-refractivity contribution < 1.29 is 19.4 Å². The van der Waals surface area contributed by atoms with Crippen molar-refractivity contribution in [3.63, 3.8) is 0 Å². The molecule has 0 saturated carbocycles. The molecule has 0 fully saturated rings. The van der Waals surface area contributed by atoms with Crippen LogP contribution in [0.5, 0.6) is 0 Å². The molecule has 1 unspecified atom stereocenters. The van der Waals surface area contributed by atoms with E-state index in [0.29, 0.717) is 11.1 Å². The fourth-order valence-electron chi connectivity index (χ4n) is 3.17. The normalized spacial score (nSPS) is 12.4. The molecule has 3 aromatic rings. The first-order chi connectivity index (χ1) is 13.2. The van der Waals surface area contributed by atoms with Gasteiger partial charge < -0.3 is 14.6 Å². The lowest BCUT2D eigenvalue weighted by Gasteiger charge is -2.36. The Hall–Kier alpha value is -2.95. The summed E-state index contributed by atoms with van der Waals surface area (Å²) in [7, 11) is 1.48. The van der Waals surface area contributed by atoms with Crippen molar-refractivity contribution in [2.45, 2.75) is 18.3 Å². The van der Waals surface area contributed by atoms with E-state index >= 15 is 0 Å². The van der Waals surface area contributed by atoms with Gasteiger partial charge in [0.1, 0.15) is 6.61 Å². The quantitative estimate of drug-likeness (QED) is 0.652. The maximum absolute atomic E-state index is 12.7. The van der Waals surface area contributed by atoms with Gasteiger partial charge in [0.2, 0.25) is 0 Å². The first kappa shape index (κ1) is 18.8. The molecule has 0 aliphatic heterocycles. The number of carbonyl (C=O) groups is 1. The summed E-state index contributed by atoms with van der Waals surface area (Å²) in [4.78, 5) is 12.7. The minimum Gasteiger partial charge on any atom is -0.459 e. The Kier molecular flexibility index (Phi) is 6.01. The largest absolute Gasteiger partial charge is 0.459 e. The van der Waals surface area contributed by atoms with Crippen LogP contribution in [0.3, 0.4) is 0 Å². The maximum atomic E-state index is 12.7. The number of benzene rings is 3. The average molecular weight is 362 g/mol. The molecule has 3 rings (SSSR count). The molecular formula is C23H22O4. The monoisotopic (exact) mass is 362 g/mol. The summed E-state index contributed by atoms with van der Waals surface area (Å²) in [6, 6.07) is 27.7. The van der Waals surface area contributed by atoms with E-state index in [1.165, 1.54) is 7.11 Å². The summed E-state index contributed by atoms with van der Waals surface area (Å²) in [5.41, 5.74) is 0.822. The zero-order valence-corrected chi connectivity index (χ0v) is 15.1. The van der Waals surface area contributed by atoms with Crippen molar-refractivity contribution in [2.75, 3.05) is 7.11 Å². The minimum absolute atomic E-state index is 0.0834. The van der Waals surface area contributed by atoms with Gasteiger partial charge in [0.05, 0.1) is 0 Å². The summed E-state index contributed by atoms with van der Waals surface area (Å²) in [6.45, 7) is 0.0834. The number of aliphatic hydroxyl groups excluding tert-OH is 1. The third-order valence-corrected chi connectivity index (χ3v) is 4.56. The highest BCUT2D eigenvalue weighted by atomic mass is 16.6. The Morgan fingerprint density at radius 2 is 1.30 bits per heavy atom. The van der Waals surface area contributed by atoms with Gasteiger partial charge in [-0.2, -0.15) is 0 Å². The Morgan fingerprint density at radius 3 is 1.74 bits per heavy atom. The number of hydrogen-bond acceptors (Lipinski definition) is 4. The topological polar surface area (TPSA) is 55.8 Å². The molecule has 0 bridgehead atoms. The predicted molar refractivity (Wildman–Crippen MR) is 103 cm³/mol. The zero-order valence-electron chi connectivity index (χ0n) is 15.1. The minimum atomic E-state index is -1.53. The lowest BCUT2D eigenvalue weighted by Crippen LogP contribution is -2.47. The molecule has 0 aliphatic rings. The van der Waals surface area contributed by atoms with Crippen LogP contribution in [0.15, 0.2) is 91.0 Å². The van der Waals surface area contributed by atoms with Crippen LogP contribution in [-0.2, 0) is 26.5 Å². The molecule has 3 aromatic carbocycles. The van der Waals surface area contributed by atoms with Crippen LogP contribution in [0, 0.1) is 0 Å². The third kappa shape index (κ3) is 3.92. The number of aliphatic hydroxyl groups is 1. The molecule has 0 aliphatic carbocycles. The van der Waals surface area contributed by atoms with Gasteiger partial charge >= 0.3 is 5.97 Å². The summed E-state index contributed by atoms with van der Waals surface area (Å²) in [5.74, 6) is -0.742. The van der Waals surface area contributed by atoms with Crippen molar-refractivity contribution in [1.82, 2.24) is 0 Å². The summed E-state index contributed by atoms with van der Waals surface area (Å²) in [5, 5.41) is 11.0. The molecular weight excluding hydrogens is 340 g/mol. The molecule has 0 aromatic heterocycles. The van der Waals surface area contributed by atoms with Crippen LogP contribution in [0.2, 0.25) is 0 Å². The van der Waals surface area contributed by atoms with Crippen molar-refractivity contribution in [3.05, 3.63) is 108 Å². The van der Waals surface area contributed by atoms with Crippen molar-refractivity contribution in [3.8, 4) is 0 Å². The van der Waals surface area contributed by atoms with Crippen LogP contribution in [0.25, 0.3) is 0 Å². The van der Waals surface area contributed by atoms with Gasteiger partial charge in [-0.1, -0.05) is 91.0 Å². The Labute approximate surface area is 159 Å². The van der Waals surface area contributed by atoms with Crippen LogP contribution >= 0.6 is 0 Å². The van der Waals surface area contributed by atoms with E-state index in [1.807, 2.05) is 91.0 Å². The number of carbonyl (C=O) groups excluding carboxylic acids is 1. The average Bonchev–Trinajstić information content (AvgIpc) is 2.75. The Balaban J connectivity index is 1.93. The van der Waals surface area contributed by atoms with E-state index in [-0.39, 0.29) is 6.61 Å². The molecule has 4 heteroatoms. The summed E-state index contributed by atoms with van der Waals surface area (Å²) in [6.07, 6.45) is -1.53. The molecule has 4 nitrogen and oxygen atoms in total. The standard InChI is InChI=1S/C23H22O4/c1-26-23(19-13-7-3-8-14-19,20-15-9-4-10-16-20)21(24)22(25)27-17-18-11-5-2-6-12-18/h2-16,21,24H,17H2,1H3. The van der Waals surface area contributed by atoms with E-state index in [1.54, 1.807) is 0 Å². The fourth-order valence-corrected chi connectivity index (χ4v) is 3.17. The smallest absolute Gasteiger partial charge is 0.339 e. The summed E-state index contributed by atoms with van der Waals surface area (Å²) >= 11 is 0. The highest BCUT2D eigenvalue weighted by Crippen LogP contribution is 2.37. The Morgan fingerprint density at radius 1 is 0.852 bits per heavy atom. The molecule has 1 atom stereocenters. The molecule has 138 valence electrons. The third-order valence-electron chi connectivity index (χ3n) is 4.56. The van der Waals surface area contributed by atoms with E-state index in [0.717, 1.165) is 5.56 Å². The van der Waals surface area contributed by atoms with Crippen molar-refractivity contribution in [2.24, 2.45) is 0 Å². The first-order valence-electron chi connectivity index (χ1n) is 8.73. The number of methoxy groups -OCH3 is 1. The SMILES string of the molecule is COC(c1ccccc1)(c1ccccc1)C(O)C(=O)OCc1ccccc1. The van der Waals surface area contributed by atoms with Crippen molar-refractivity contribution >= 4 is 5.97 Å². The lowest BCUT2D eigenvalue weighted by molar-refractivity contribution is -0.171. The van der Waals surface area contributed by atoms with E-state index in [2.05, 4.69) is 0 Å². The van der Waals surface area contributed by atoms with Crippen LogP contribution in [0.1, 0.15) is 16.7 Å². The first-order valence-corrected chi connectivity index (χ1v) is 8.73. The lowest BCUT2D eigenvalue weighted by atomic mass is 9.81. The molecule has 0 amide bonds. The second kappa shape index (κ2) is 8.62. The van der Waals surface area contributed by atoms with E-state index < -0.39 is 17.7 Å². The van der Waals surface area contributed by atoms with Crippen molar-refractivity contribution in [1.29, 1.82) is 0 Å².